The summed E-state index contributed by atoms with van der Waals surface area (Å²) in [5, 5.41) is 4.28. The van der Waals surface area contributed by atoms with E-state index in [2.05, 4.69) is 44.7 Å². The second-order valence-corrected chi connectivity index (χ2v) is 5.30. The van der Waals surface area contributed by atoms with Gasteiger partial charge in [-0.25, -0.2) is 4.98 Å². The van der Waals surface area contributed by atoms with Crippen LogP contribution in [0.25, 0.3) is 0 Å². The highest BCUT2D eigenvalue weighted by molar-refractivity contribution is 5.75. The third-order valence-electron chi connectivity index (χ3n) is 3.48. The molecule has 1 N–H and O–H groups in total. The highest BCUT2D eigenvalue weighted by Gasteiger charge is 2.12. The van der Waals surface area contributed by atoms with Crippen LogP contribution in [0.3, 0.4) is 0 Å². The predicted molar refractivity (Wildman–Crippen MR) is 90.6 cm³/mol. The van der Waals surface area contributed by atoms with E-state index in [1.54, 1.807) is 25.0 Å². The van der Waals surface area contributed by atoms with Gasteiger partial charge < -0.3 is 13.9 Å². The number of imidazole rings is 1. The van der Waals surface area contributed by atoms with Gasteiger partial charge in [-0.05, 0) is 29.8 Å². The molecule has 0 bridgehead atoms. The summed E-state index contributed by atoms with van der Waals surface area (Å²) < 4.78 is 7.20. The van der Waals surface area contributed by atoms with Gasteiger partial charge in [-0.1, -0.05) is 12.1 Å². The third kappa shape index (κ3) is 3.60. The highest BCUT2D eigenvalue weighted by atomic mass is 16.3. The lowest BCUT2D eigenvalue weighted by molar-refractivity contribution is 0.482. The maximum absolute atomic E-state index is 5.24. The molecule has 2 aromatic heterocycles. The molecular formula is C17H19N5O. The Kier molecular flexibility index (Phi) is 4.42. The lowest BCUT2D eigenvalue weighted by atomic mass is 10.1. The molecule has 0 amide bonds. The monoisotopic (exact) mass is 309 g/mol. The number of hydrazone groups is 1. The van der Waals surface area contributed by atoms with E-state index in [4.69, 9.17) is 4.42 Å². The second-order valence-electron chi connectivity index (χ2n) is 5.30. The standard InChI is InChI=1S/C17H19N5O/c1-21(2)15-7-5-14(6-8-15)17(22-10-9-18-13-22)20-19-12-16-4-3-11-23-16/h3-13,17,20H,1-2H3. The van der Waals surface area contributed by atoms with Crippen molar-refractivity contribution < 1.29 is 4.42 Å². The van der Waals surface area contributed by atoms with Crippen molar-refractivity contribution in [1.29, 1.82) is 0 Å². The first-order chi connectivity index (χ1) is 11.2. The van der Waals surface area contributed by atoms with E-state index in [1.165, 1.54) is 0 Å². The lowest BCUT2D eigenvalue weighted by Gasteiger charge is -2.20. The minimum absolute atomic E-state index is 0.139. The van der Waals surface area contributed by atoms with Crippen molar-refractivity contribution in [1.82, 2.24) is 15.0 Å². The Morgan fingerprint density at radius 2 is 2.09 bits per heavy atom. The Morgan fingerprint density at radius 1 is 1.26 bits per heavy atom. The minimum atomic E-state index is -0.139. The van der Waals surface area contributed by atoms with Crippen molar-refractivity contribution in [3.63, 3.8) is 0 Å². The first-order valence-electron chi connectivity index (χ1n) is 7.31. The van der Waals surface area contributed by atoms with E-state index in [0.29, 0.717) is 5.76 Å². The fourth-order valence-electron chi connectivity index (χ4n) is 2.23. The molecule has 0 spiro atoms. The van der Waals surface area contributed by atoms with Crippen LogP contribution in [-0.2, 0) is 0 Å². The summed E-state index contributed by atoms with van der Waals surface area (Å²) in [5.74, 6) is 0.699. The number of anilines is 1. The zero-order valence-electron chi connectivity index (χ0n) is 13.1. The molecule has 2 heterocycles. The molecule has 118 valence electrons. The van der Waals surface area contributed by atoms with E-state index in [-0.39, 0.29) is 6.17 Å². The van der Waals surface area contributed by atoms with Crippen LogP contribution in [0, 0.1) is 0 Å². The van der Waals surface area contributed by atoms with E-state index in [1.807, 2.05) is 37.0 Å². The number of nitrogens with zero attached hydrogens (tertiary/aromatic N) is 4. The molecule has 0 fully saturated rings. The lowest BCUT2D eigenvalue weighted by Crippen LogP contribution is -2.23. The Balaban J connectivity index is 1.81. The summed E-state index contributed by atoms with van der Waals surface area (Å²) in [5.41, 5.74) is 5.38. The van der Waals surface area contributed by atoms with Gasteiger partial charge in [-0.2, -0.15) is 5.10 Å². The Morgan fingerprint density at radius 3 is 2.70 bits per heavy atom. The molecule has 0 radical (unpaired) electrons. The van der Waals surface area contributed by atoms with Crippen LogP contribution in [-0.4, -0.2) is 29.9 Å². The van der Waals surface area contributed by atoms with E-state index in [0.717, 1.165) is 11.3 Å². The molecule has 0 aliphatic heterocycles. The fourth-order valence-corrected chi connectivity index (χ4v) is 2.23. The van der Waals surface area contributed by atoms with Crippen LogP contribution in [0.15, 0.2) is 70.9 Å². The van der Waals surface area contributed by atoms with Gasteiger partial charge in [-0.15, -0.1) is 0 Å². The largest absolute Gasteiger partial charge is 0.463 e. The molecule has 0 saturated carbocycles. The average molecular weight is 309 g/mol. The SMILES string of the molecule is CN(C)c1ccc(C(NN=Cc2ccco2)n2ccnc2)cc1. The van der Waals surface area contributed by atoms with Crippen LogP contribution >= 0.6 is 0 Å². The molecule has 3 rings (SSSR count). The molecule has 0 saturated heterocycles. The van der Waals surface area contributed by atoms with Gasteiger partial charge in [0.2, 0.25) is 0 Å². The smallest absolute Gasteiger partial charge is 0.146 e. The maximum Gasteiger partial charge on any atom is 0.146 e. The van der Waals surface area contributed by atoms with Gasteiger partial charge in [0, 0.05) is 32.2 Å². The maximum atomic E-state index is 5.24. The van der Waals surface area contributed by atoms with Crippen LogP contribution in [0.4, 0.5) is 5.69 Å². The molecule has 0 aliphatic rings. The van der Waals surface area contributed by atoms with Crippen LogP contribution in [0.2, 0.25) is 0 Å². The number of rotatable bonds is 6. The zero-order chi connectivity index (χ0) is 16.1. The first kappa shape index (κ1) is 14.9. The Hall–Kier alpha value is -3.02. The first-order valence-corrected chi connectivity index (χ1v) is 7.31. The number of hydrogen-bond acceptors (Lipinski definition) is 5. The van der Waals surface area contributed by atoms with Crippen molar-refractivity contribution in [3.05, 3.63) is 72.7 Å². The van der Waals surface area contributed by atoms with Gasteiger partial charge >= 0.3 is 0 Å². The summed E-state index contributed by atoms with van der Waals surface area (Å²) in [4.78, 5) is 6.18. The third-order valence-corrected chi connectivity index (χ3v) is 3.48. The molecule has 1 atom stereocenters. The van der Waals surface area contributed by atoms with Crippen LogP contribution in [0.1, 0.15) is 17.5 Å². The van der Waals surface area contributed by atoms with Crippen LogP contribution in [0.5, 0.6) is 0 Å². The van der Waals surface area contributed by atoms with E-state index >= 15 is 0 Å². The van der Waals surface area contributed by atoms with Crippen molar-refractivity contribution in [2.45, 2.75) is 6.17 Å². The van der Waals surface area contributed by atoms with Crippen molar-refractivity contribution >= 4 is 11.9 Å². The van der Waals surface area contributed by atoms with Crippen molar-refractivity contribution in [3.8, 4) is 0 Å². The minimum Gasteiger partial charge on any atom is -0.463 e. The Bertz CT molecular complexity index is 730. The normalized spacial score (nSPS) is 12.4. The Labute approximate surface area is 135 Å². The molecule has 1 aromatic carbocycles. The van der Waals surface area contributed by atoms with Gasteiger partial charge in [0.15, 0.2) is 0 Å². The van der Waals surface area contributed by atoms with Gasteiger partial charge in [0.1, 0.15) is 11.9 Å². The molecule has 3 aromatic rings. The number of nitrogens with one attached hydrogen (secondary N) is 1. The average Bonchev–Trinajstić information content (AvgIpc) is 3.25. The van der Waals surface area contributed by atoms with Gasteiger partial charge in [0.05, 0.1) is 18.8 Å². The molecular weight excluding hydrogens is 290 g/mol. The summed E-state index contributed by atoms with van der Waals surface area (Å²) in [7, 11) is 4.04. The number of hydrogen-bond donors (Lipinski definition) is 1. The summed E-state index contributed by atoms with van der Waals surface area (Å²) in [6.45, 7) is 0. The highest BCUT2D eigenvalue weighted by Crippen LogP contribution is 2.19. The van der Waals surface area contributed by atoms with Crippen LogP contribution < -0.4 is 10.3 Å². The number of benzene rings is 1. The van der Waals surface area contributed by atoms with Crippen molar-refractivity contribution in [2.75, 3.05) is 19.0 Å². The molecule has 6 nitrogen and oxygen atoms in total. The zero-order valence-corrected chi connectivity index (χ0v) is 13.1. The summed E-state index contributed by atoms with van der Waals surface area (Å²) in [6.07, 6.45) is 8.55. The fraction of sp³-hybridized carbons (Fsp3) is 0.176. The molecule has 0 aliphatic carbocycles. The number of aromatic nitrogens is 2. The predicted octanol–water partition coefficient (Wildman–Crippen LogP) is 2.71. The van der Waals surface area contributed by atoms with Gasteiger partial charge in [-0.3, -0.25) is 5.43 Å². The summed E-state index contributed by atoms with van der Waals surface area (Å²) in [6, 6.07) is 12.0. The second kappa shape index (κ2) is 6.83. The van der Waals surface area contributed by atoms with E-state index in [9.17, 15) is 0 Å². The molecule has 1 unspecified atom stereocenters. The topological polar surface area (TPSA) is 58.6 Å². The van der Waals surface area contributed by atoms with E-state index < -0.39 is 0 Å². The van der Waals surface area contributed by atoms with Gasteiger partial charge in [0.25, 0.3) is 0 Å². The summed E-state index contributed by atoms with van der Waals surface area (Å²) >= 11 is 0. The number of furan rings is 1. The quantitative estimate of drug-likeness (QED) is 0.562. The molecule has 23 heavy (non-hydrogen) atoms. The van der Waals surface area contributed by atoms with Crippen molar-refractivity contribution in [2.24, 2.45) is 5.10 Å². The molecule has 6 heteroatoms.